The van der Waals surface area contributed by atoms with Crippen LogP contribution in [0.5, 0.6) is 5.75 Å². The van der Waals surface area contributed by atoms with Crippen LogP contribution in [0.15, 0.2) is 18.2 Å². The van der Waals surface area contributed by atoms with Gasteiger partial charge in [-0.15, -0.1) is 0 Å². The summed E-state index contributed by atoms with van der Waals surface area (Å²) in [6.07, 6.45) is 4.27. The van der Waals surface area contributed by atoms with Crippen LogP contribution in [0.25, 0.3) is 0 Å². The highest BCUT2D eigenvalue weighted by Gasteiger charge is 2.26. The Balaban J connectivity index is 1.63. The van der Waals surface area contributed by atoms with Gasteiger partial charge in [-0.3, -0.25) is 4.79 Å². The first-order valence-electron chi connectivity index (χ1n) is 8.97. The molecular formula is C19H28N2O2. The zero-order chi connectivity index (χ0) is 16.2. The molecule has 0 radical (unpaired) electrons. The molecule has 4 nitrogen and oxygen atoms in total. The van der Waals surface area contributed by atoms with Crippen molar-refractivity contribution in [3.8, 4) is 5.75 Å². The molecule has 1 fully saturated rings. The Kier molecular flexibility index (Phi) is 5.21. The van der Waals surface area contributed by atoms with Gasteiger partial charge in [0.15, 0.2) is 6.10 Å². The van der Waals surface area contributed by atoms with Gasteiger partial charge >= 0.3 is 0 Å². The minimum Gasteiger partial charge on any atom is -0.481 e. The largest absolute Gasteiger partial charge is 0.481 e. The number of nitrogens with zero attached hydrogens (tertiary/aromatic N) is 2. The predicted molar refractivity (Wildman–Crippen MR) is 91.9 cm³/mol. The SMILES string of the molecule is CCN1CCN(C(=O)C(C)Oc2cccc3c2CCCC3)CC1. The minimum atomic E-state index is -0.406. The van der Waals surface area contributed by atoms with E-state index in [0.717, 1.165) is 51.3 Å². The van der Waals surface area contributed by atoms with Crippen molar-refractivity contribution in [1.82, 2.24) is 9.80 Å². The van der Waals surface area contributed by atoms with Gasteiger partial charge < -0.3 is 14.5 Å². The summed E-state index contributed by atoms with van der Waals surface area (Å²) in [5.41, 5.74) is 2.71. The monoisotopic (exact) mass is 316 g/mol. The van der Waals surface area contributed by atoms with E-state index in [2.05, 4.69) is 24.0 Å². The molecule has 0 bridgehead atoms. The van der Waals surface area contributed by atoms with Crippen molar-refractivity contribution in [3.05, 3.63) is 29.3 Å². The highest BCUT2D eigenvalue weighted by molar-refractivity contribution is 5.81. The Labute approximate surface area is 139 Å². The number of hydrogen-bond acceptors (Lipinski definition) is 3. The van der Waals surface area contributed by atoms with Crippen LogP contribution in [0, 0.1) is 0 Å². The van der Waals surface area contributed by atoms with Crippen LogP contribution in [-0.4, -0.2) is 54.5 Å². The smallest absolute Gasteiger partial charge is 0.263 e. The second-order valence-electron chi connectivity index (χ2n) is 6.62. The summed E-state index contributed by atoms with van der Waals surface area (Å²) in [6.45, 7) is 8.68. The number of fused-ring (bicyclic) bond motifs is 1. The van der Waals surface area contributed by atoms with Crippen LogP contribution < -0.4 is 4.74 Å². The zero-order valence-corrected chi connectivity index (χ0v) is 14.4. The second kappa shape index (κ2) is 7.35. The first-order valence-corrected chi connectivity index (χ1v) is 8.97. The first kappa shape index (κ1) is 16.3. The Bertz CT molecular complexity index is 550. The van der Waals surface area contributed by atoms with Gasteiger partial charge in [0.25, 0.3) is 5.91 Å². The lowest BCUT2D eigenvalue weighted by Gasteiger charge is -2.35. The molecule has 0 saturated carbocycles. The van der Waals surface area contributed by atoms with Gasteiger partial charge in [0.2, 0.25) is 0 Å². The molecule has 1 atom stereocenters. The van der Waals surface area contributed by atoms with Gasteiger partial charge in [-0.05, 0) is 56.3 Å². The lowest BCUT2D eigenvalue weighted by atomic mass is 9.91. The Morgan fingerprint density at radius 2 is 1.91 bits per heavy atom. The highest BCUT2D eigenvalue weighted by atomic mass is 16.5. The molecule has 1 aromatic carbocycles. The highest BCUT2D eigenvalue weighted by Crippen LogP contribution is 2.30. The molecule has 126 valence electrons. The average Bonchev–Trinajstić information content (AvgIpc) is 2.61. The van der Waals surface area contributed by atoms with E-state index in [9.17, 15) is 4.79 Å². The fraction of sp³-hybridized carbons (Fsp3) is 0.632. The maximum atomic E-state index is 12.6. The zero-order valence-electron chi connectivity index (χ0n) is 14.4. The van der Waals surface area contributed by atoms with E-state index in [-0.39, 0.29) is 5.91 Å². The van der Waals surface area contributed by atoms with E-state index in [0.29, 0.717) is 0 Å². The van der Waals surface area contributed by atoms with E-state index >= 15 is 0 Å². The standard InChI is InChI=1S/C19H28N2O2/c1-3-20-11-13-21(14-12-20)19(22)15(2)23-18-10-6-8-16-7-4-5-9-17(16)18/h6,8,10,15H,3-5,7,9,11-14H2,1-2H3. The van der Waals surface area contributed by atoms with E-state index in [4.69, 9.17) is 4.74 Å². The van der Waals surface area contributed by atoms with Gasteiger partial charge in [-0.25, -0.2) is 0 Å². The predicted octanol–water partition coefficient (Wildman–Crippen LogP) is 2.50. The molecule has 2 aliphatic rings. The number of benzene rings is 1. The summed E-state index contributed by atoms with van der Waals surface area (Å²) in [5, 5.41) is 0. The van der Waals surface area contributed by atoms with Crippen molar-refractivity contribution in [2.75, 3.05) is 32.7 Å². The van der Waals surface area contributed by atoms with Gasteiger partial charge in [-0.1, -0.05) is 19.1 Å². The van der Waals surface area contributed by atoms with E-state index in [1.54, 1.807) is 0 Å². The number of amides is 1. The van der Waals surface area contributed by atoms with Crippen molar-refractivity contribution in [2.24, 2.45) is 0 Å². The van der Waals surface area contributed by atoms with Crippen LogP contribution in [-0.2, 0) is 17.6 Å². The van der Waals surface area contributed by atoms with Crippen molar-refractivity contribution in [3.63, 3.8) is 0 Å². The second-order valence-corrected chi connectivity index (χ2v) is 6.62. The Morgan fingerprint density at radius 3 is 2.65 bits per heavy atom. The summed E-state index contributed by atoms with van der Waals surface area (Å²) >= 11 is 0. The maximum Gasteiger partial charge on any atom is 0.263 e. The van der Waals surface area contributed by atoms with Crippen LogP contribution >= 0.6 is 0 Å². The number of aryl methyl sites for hydroxylation is 1. The molecule has 0 N–H and O–H groups in total. The van der Waals surface area contributed by atoms with Gasteiger partial charge in [0, 0.05) is 26.2 Å². The molecular weight excluding hydrogens is 288 g/mol. The number of carbonyl (C=O) groups excluding carboxylic acids is 1. The third-order valence-electron chi connectivity index (χ3n) is 5.14. The molecule has 23 heavy (non-hydrogen) atoms. The summed E-state index contributed by atoms with van der Waals surface area (Å²) in [5.74, 6) is 1.03. The number of piperazine rings is 1. The normalized spacial score (nSPS) is 20.0. The number of rotatable bonds is 4. The number of carbonyl (C=O) groups is 1. The van der Waals surface area contributed by atoms with Gasteiger partial charge in [0.1, 0.15) is 5.75 Å². The Morgan fingerprint density at radius 1 is 1.17 bits per heavy atom. The molecule has 1 aliphatic carbocycles. The summed E-state index contributed by atoms with van der Waals surface area (Å²) in [4.78, 5) is 17.0. The fourth-order valence-corrected chi connectivity index (χ4v) is 3.64. The van der Waals surface area contributed by atoms with Crippen LogP contribution in [0.2, 0.25) is 0 Å². The van der Waals surface area contributed by atoms with E-state index in [1.807, 2.05) is 17.9 Å². The maximum absolute atomic E-state index is 12.6. The van der Waals surface area contributed by atoms with Crippen molar-refractivity contribution < 1.29 is 9.53 Å². The average molecular weight is 316 g/mol. The molecule has 3 rings (SSSR count). The third-order valence-corrected chi connectivity index (χ3v) is 5.14. The minimum absolute atomic E-state index is 0.120. The van der Waals surface area contributed by atoms with Crippen molar-refractivity contribution in [2.45, 2.75) is 45.6 Å². The lowest BCUT2D eigenvalue weighted by Crippen LogP contribution is -2.51. The third kappa shape index (κ3) is 3.69. The van der Waals surface area contributed by atoms with Crippen LogP contribution in [0.3, 0.4) is 0 Å². The van der Waals surface area contributed by atoms with E-state index in [1.165, 1.54) is 24.0 Å². The summed E-state index contributed by atoms with van der Waals surface area (Å²) in [7, 11) is 0. The molecule has 1 heterocycles. The van der Waals surface area contributed by atoms with Crippen LogP contribution in [0.4, 0.5) is 0 Å². The molecule has 1 saturated heterocycles. The molecule has 4 heteroatoms. The molecule has 1 aromatic rings. The van der Waals surface area contributed by atoms with Gasteiger partial charge in [0.05, 0.1) is 0 Å². The Hall–Kier alpha value is -1.55. The van der Waals surface area contributed by atoms with Crippen molar-refractivity contribution in [1.29, 1.82) is 0 Å². The van der Waals surface area contributed by atoms with Gasteiger partial charge in [-0.2, -0.15) is 0 Å². The number of hydrogen-bond donors (Lipinski definition) is 0. The molecule has 1 aliphatic heterocycles. The fourth-order valence-electron chi connectivity index (χ4n) is 3.64. The topological polar surface area (TPSA) is 32.8 Å². The summed E-state index contributed by atoms with van der Waals surface area (Å²) in [6, 6.07) is 6.26. The molecule has 0 aromatic heterocycles. The van der Waals surface area contributed by atoms with Crippen LogP contribution in [0.1, 0.15) is 37.8 Å². The van der Waals surface area contributed by atoms with Crippen molar-refractivity contribution >= 4 is 5.91 Å². The molecule has 1 unspecified atom stereocenters. The quantitative estimate of drug-likeness (QED) is 0.855. The summed E-state index contributed by atoms with van der Waals surface area (Å²) < 4.78 is 6.08. The van der Waals surface area contributed by atoms with E-state index < -0.39 is 6.10 Å². The number of ether oxygens (including phenoxy) is 1. The molecule has 0 spiro atoms. The lowest BCUT2D eigenvalue weighted by molar-refractivity contribution is -0.139. The first-order chi connectivity index (χ1) is 11.2. The number of likely N-dealkylation sites (N-methyl/N-ethyl adjacent to an activating group) is 1. The molecule has 1 amide bonds.